The molecule has 0 aliphatic carbocycles. The first-order valence-electron chi connectivity index (χ1n) is 10.6. The molecule has 35 heavy (non-hydrogen) atoms. The van der Waals surface area contributed by atoms with E-state index in [9.17, 15) is 28.1 Å². The van der Waals surface area contributed by atoms with Gasteiger partial charge in [0.1, 0.15) is 12.6 Å². The monoisotopic (exact) mass is 544 g/mol. The van der Waals surface area contributed by atoms with E-state index in [0.29, 0.717) is 17.1 Å². The van der Waals surface area contributed by atoms with E-state index in [1.807, 2.05) is 0 Å². The molecule has 2 aromatic rings. The Morgan fingerprint density at radius 1 is 1.14 bits per heavy atom. The van der Waals surface area contributed by atoms with Crippen LogP contribution in [0.15, 0.2) is 42.5 Å². The summed E-state index contributed by atoms with van der Waals surface area (Å²) in [6.07, 6.45) is 1.14. The maximum Gasteiger partial charge on any atom is 0.271 e. The van der Waals surface area contributed by atoms with Crippen molar-refractivity contribution in [3.05, 3.63) is 68.2 Å². The maximum absolute atomic E-state index is 13.5. The summed E-state index contributed by atoms with van der Waals surface area (Å²) in [5.41, 5.74) is 0.126. The van der Waals surface area contributed by atoms with Crippen LogP contribution < -0.4 is 9.62 Å². The summed E-state index contributed by atoms with van der Waals surface area (Å²) in [6, 6.07) is 8.74. The highest BCUT2D eigenvalue weighted by atomic mass is 35.5. The van der Waals surface area contributed by atoms with Gasteiger partial charge in [0, 0.05) is 35.3 Å². The second-order valence-electron chi connectivity index (χ2n) is 7.62. The van der Waals surface area contributed by atoms with E-state index in [1.165, 1.54) is 29.2 Å². The molecule has 2 aromatic carbocycles. The predicted octanol–water partition coefficient (Wildman–Crippen LogP) is 3.61. The lowest BCUT2D eigenvalue weighted by atomic mass is 10.1. The van der Waals surface area contributed by atoms with Crippen molar-refractivity contribution in [1.29, 1.82) is 0 Å². The van der Waals surface area contributed by atoms with Crippen molar-refractivity contribution >= 4 is 56.4 Å². The van der Waals surface area contributed by atoms with Gasteiger partial charge in [0.15, 0.2) is 0 Å². The third-order valence-corrected chi connectivity index (χ3v) is 6.83. The molecule has 1 N–H and O–H groups in total. The first-order chi connectivity index (χ1) is 16.4. The Kier molecular flexibility index (Phi) is 9.87. The summed E-state index contributed by atoms with van der Waals surface area (Å²) in [6.45, 7) is 3.03. The number of nitro groups is 1. The number of benzene rings is 2. The molecule has 0 unspecified atom stereocenters. The van der Waals surface area contributed by atoms with Gasteiger partial charge in [-0.2, -0.15) is 0 Å². The molecule has 13 heteroatoms. The molecule has 0 heterocycles. The average Bonchev–Trinajstić information content (AvgIpc) is 2.78. The molecule has 10 nitrogen and oxygen atoms in total. The number of sulfonamides is 1. The molecule has 0 bridgehead atoms. The Morgan fingerprint density at radius 3 is 2.37 bits per heavy atom. The van der Waals surface area contributed by atoms with Crippen LogP contribution in [0, 0.1) is 10.1 Å². The summed E-state index contributed by atoms with van der Waals surface area (Å²) >= 11 is 12.3. The second-order valence-corrected chi connectivity index (χ2v) is 10.4. The largest absolute Gasteiger partial charge is 0.355 e. The molecule has 0 fully saturated rings. The van der Waals surface area contributed by atoms with E-state index in [4.69, 9.17) is 23.2 Å². The highest BCUT2D eigenvalue weighted by Gasteiger charge is 2.32. The molecule has 0 spiro atoms. The van der Waals surface area contributed by atoms with Crippen LogP contribution in [0.2, 0.25) is 10.0 Å². The van der Waals surface area contributed by atoms with Gasteiger partial charge in [-0.15, -0.1) is 0 Å². The number of nitrogens with zero attached hydrogens (tertiary/aromatic N) is 3. The minimum absolute atomic E-state index is 0.0504. The minimum atomic E-state index is -4.02. The number of rotatable bonds is 11. The minimum Gasteiger partial charge on any atom is -0.355 e. The van der Waals surface area contributed by atoms with Crippen LogP contribution in [0.3, 0.4) is 0 Å². The molecular formula is C22H26Cl2N4O6S. The number of amides is 2. The van der Waals surface area contributed by atoms with Gasteiger partial charge in [-0.1, -0.05) is 42.3 Å². The van der Waals surface area contributed by atoms with Gasteiger partial charge in [-0.05, 0) is 37.1 Å². The molecule has 2 amide bonds. The zero-order valence-electron chi connectivity index (χ0n) is 19.4. The Bertz CT molecular complexity index is 1210. The highest BCUT2D eigenvalue weighted by Crippen LogP contribution is 2.26. The number of hydrogen-bond acceptors (Lipinski definition) is 6. The fraction of sp³-hybridized carbons (Fsp3) is 0.364. The van der Waals surface area contributed by atoms with E-state index in [-0.39, 0.29) is 29.4 Å². The Morgan fingerprint density at radius 2 is 1.83 bits per heavy atom. The topological polar surface area (TPSA) is 130 Å². The number of nitrogens with one attached hydrogen (secondary N) is 1. The number of anilines is 1. The van der Waals surface area contributed by atoms with E-state index >= 15 is 0 Å². The Balaban J connectivity index is 2.50. The molecule has 0 radical (unpaired) electrons. The SMILES string of the molecule is CCNC(=O)[C@H](CC)N(Cc1ccc(Cl)cc1Cl)C(=O)CN(c1cccc([N+](=O)[O-])c1)S(C)(=O)=O. The number of halogens is 2. The summed E-state index contributed by atoms with van der Waals surface area (Å²) in [7, 11) is -4.02. The van der Waals surface area contributed by atoms with Crippen LogP contribution in [0.1, 0.15) is 25.8 Å². The van der Waals surface area contributed by atoms with Gasteiger partial charge in [0.25, 0.3) is 5.69 Å². The molecule has 1 atom stereocenters. The van der Waals surface area contributed by atoms with Crippen molar-refractivity contribution in [3.63, 3.8) is 0 Å². The fourth-order valence-electron chi connectivity index (χ4n) is 3.42. The van der Waals surface area contributed by atoms with Crippen LogP contribution in [-0.2, 0) is 26.2 Å². The van der Waals surface area contributed by atoms with Crippen molar-refractivity contribution in [2.24, 2.45) is 0 Å². The fourth-order valence-corrected chi connectivity index (χ4v) is 4.73. The average molecular weight is 545 g/mol. The summed E-state index contributed by atoms with van der Waals surface area (Å²) < 4.78 is 25.9. The Labute approximate surface area is 214 Å². The van der Waals surface area contributed by atoms with Crippen LogP contribution in [-0.4, -0.2) is 55.4 Å². The van der Waals surface area contributed by atoms with Gasteiger partial charge in [-0.25, -0.2) is 8.42 Å². The lowest BCUT2D eigenvalue weighted by molar-refractivity contribution is -0.384. The highest BCUT2D eigenvalue weighted by molar-refractivity contribution is 7.92. The number of carbonyl (C=O) groups excluding carboxylic acids is 2. The zero-order chi connectivity index (χ0) is 26.3. The van der Waals surface area contributed by atoms with E-state index < -0.39 is 39.3 Å². The van der Waals surface area contributed by atoms with Crippen LogP contribution in [0.5, 0.6) is 0 Å². The third kappa shape index (κ3) is 7.55. The first kappa shape index (κ1) is 28.3. The van der Waals surface area contributed by atoms with Crippen molar-refractivity contribution in [1.82, 2.24) is 10.2 Å². The van der Waals surface area contributed by atoms with Gasteiger partial charge in [0.2, 0.25) is 21.8 Å². The molecule has 2 rings (SSSR count). The second kappa shape index (κ2) is 12.2. The van der Waals surface area contributed by atoms with Crippen LogP contribution in [0.25, 0.3) is 0 Å². The number of carbonyl (C=O) groups is 2. The number of hydrogen-bond donors (Lipinski definition) is 1. The summed E-state index contributed by atoms with van der Waals surface area (Å²) in [5, 5.41) is 14.5. The van der Waals surface area contributed by atoms with Gasteiger partial charge >= 0.3 is 0 Å². The smallest absolute Gasteiger partial charge is 0.271 e. The lowest BCUT2D eigenvalue weighted by Crippen LogP contribution is -2.52. The Hall–Kier alpha value is -2.89. The van der Waals surface area contributed by atoms with E-state index in [1.54, 1.807) is 26.0 Å². The molecule has 0 aliphatic rings. The van der Waals surface area contributed by atoms with Crippen LogP contribution >= 0.6 is 23.2 Å². The quantitative estimate of drug-likeness (QED) is 0.339. The predicted molar refractivity (Wildman–Crippen MR) is 135 cm³/mol. The lowest BCUT2D eigenvalue weighted by Gasteiger charge is -2.33. The van der Waals surface area contributed by atoms with Gasteiger partial charge in [0.05, 0.1) is 16.9 Å². The van der Waals surface area contributed by atoms with Gasteiger partial charge < -0.3 is 10.2 Å². The maximum atomic E-state index is 13.5. The van der Waals surface area contributed by atoms with Crippen molar-refractivity contribution < 1.29 is 22.9 Å². The normalized spacial score (nSPS) is 12.0. The van der Waals surface area contributed by atoms with Crippen molar-refractivity contribution in [2.75, 3.05) is 23.7 Å². The molecule has 0 saturated heterocycles. The van der Waals surface area contributed by atoms with E-state index in [0.717, 1.165) is 16.6 Å². The van der Waals surface area contributed by atoms with Gasteiger partial charge in [-0.3, -0.25) is 24.0 Å². The standard InChI is InChI=1S/C22H26Cl2N4O6S/c1-4-20(22(30)25-5-2)26(13-15-9-10-16(23)11-19(15)24)21(29)14-27(35(3,33)34)17-7-6-8-18(12-17)28(31)32/h6-12,20H,4-5,13-14H2,1-3H3,(H,25,30)/t20-/m0/s1. The summed E-state index contributed by atoms with van der Waals surface area (Å²) in [5.74, 6) is -1.10. The summed E-state index contributed by atoms with van der Waals surface area (Å²) in [4.78, 5) is 38.0. The number of likely N-dealkylation sites (N-methyl/N-ethyl adjacent to an activating group) is 1. The number of non-ortho nitro benzene ring substituents is 1. The molecule has 0 saturated carbocycles. The van der Waals surface area contributed by atoms with Crippen LogP contribution in [0.4, 0.5) is 11.4 Å². The van der Waals surface area contributed by atoms with Crippen molar-refractivity contribution in [2.45, 2.75) is 32.9 Å². The zero-order valence-corrected chi connectivity index (χ0v) is 21.7. The first-order valence-corrected chi connectivity index (χ1v) is 13.2. The molecule has 0 aliphatic heterocycles. The molecule has 0 aromatic heterocycles. The number of nitro benzene ring substituents is 1. The van der Waals surface area contributed by atoms with E-state index in [2.05, 4.69) is 5.32 Å². The third-order valence-electron chi connectivity index (χ3n) is 5.10. The molecule has 190 valence electrons. The molecular weight excluding hydrogens is 519 g/mol. The van der Waals surface area contributed by atoms with Crippen molar-refractivity contribution in [3.8, 4) is 0 Å².